The Hall–Kier alpha value is -2.60. The van der Waals surface area contributed by atoms with Crippen LogP contribution in [0, 0.1) is 0 Å². The molecule has 0 radical (unpaired) electrons. The first-order valence-electron chi connectivity index (χ1n) is 7.83. The third-order valence-electron chi connectivity index (χ3n) is 4.22. The third-order valence-corrected chi connectivity index (χ3v) is 5.08. The summed E-state index contributed by atoms with van der Waals surface area (Å²) in [5.41, 5.74) is 0.715. The first-order chi connectivity index (χ1) is 11.7. The lowest BCUT2D eigenvalue weighted by atomic mass is 10.2. The van der Waals surface area contributed by atoms with Crippen molar-refractivity contribution in [1.29, 1.82) is 0 Å². The van der Waals surface area contributed by atoms with Crippen LogP contribution in [0.5, 0.6) is 0 Å². The third kappa shape index (κ3) is 2.69. The molecule has 0 atom stereocenters. The topological polar surface area (TPSA) is 53.8 Å². The number of thiophene rings is 1. The maximum atomic E-state index is 12.6. The maximum absolute atomic E-state index is 12.6. The molecule has 122 valence electrons. The summed E-state index contributed by atoms with van der Waals surface area (Å²) in [4.78, 5) is 29.2. The average molecular weight is 340 g/mol. The summed E-state index contributed by atoms with van der Waals surface area (Å²) >= 11 is 1.44. The fourth-order valence-corrected chi connectivity index (χ4v) is 3.60. The van der Waals surface area contributed by atoms with Crippen LogP contribution in [0.25, 0.3) is 11.0 Å². The highest BCUT2D eigenvalue weighted by Gasteiger charge is 2.27. The molecule has 0 N–H and O–H groups in total. The molecular formula is C18H16N2O3S. The molecule has 0 aliphatic carbocycles. The highest BCUT2D eigenvalue weighted by molar-refractivity contribution is 7.12. The van der Waals surface area contributed by atoms with Crippen molar-refractivity contribution in [2.75, 3.05) is 26.2 Å². The molecule has 2 amide bonds. The molecule has 24 heavy (non-hydrogen) atoms. The quantitative estimate of drug-likeness (QED) is 0.720. The van der Waals surface area contributed by atoms with E-state index in [0.29, 0.717) is 37.5 Å². The Balaban J connectivity index is 1.43. The van der Waals surface area contributed by atoms with Gasteiger partial charge in [0.15, 0.2) is 5.76 Å². The fraction of sp³-hybridized carbons (Fsp3) is 0.222. The Kier molecular flexibility index (Phi) is 3.82. The van der Waals surface area contributed by atoms with Gasteiger partial charge >= 0.3 is 0 Å². The van der Waals surface area contributed by atoms with Gasteiger partial charge in [-0.2, -0.15) is 0 Å². The second-order valence-electron chi connectivity index (χ2n) is 5.71. The SMILES string of the molecule is O=C(c1cc2ccccc2o1)N1CCN(C(=O)c2cccs2)CC1. The summed E-state index contributed by atoms with van der Waals surface area (Å²) in [7, 11) is 0. The molecule has 5 nitrogen and oxygen atoms in total. The minimum absolute atomic E-state index is 0.0424. The largest absolute Gasteiger partial charge is 0.451 e. The Morgan fingerprint density at radius 2 is 1.62 bits per heavy atom. The number of amides is 2. The normalized spacial score (nSPS) is 15.0. The van der Waals surface area contributed by atoms with Gasteiger partial charge in [-0.25, -0.2) is 0 Å². The molecule has 0 bridgehead atoms. The van der Waals surface area contributed by atoms with Gasteiger partial charge in [-0.3, -0.25) is 9.59 Å². The summed E-state index contributed by atoms with van der Waals surface area (Å²) in [6.07, 6.45) is 0. The van der Waals surface area contributed by atoms with Gasteiger partial charge in [0.05, 0.1) is 4.88 Å². The summed E-state index contributed by atoms with van der Waals surface area (Å²) in [6, 6.07) is 13.1. The van der Waals surface area contributed by atoms with E-state index in [-0.39, 0.29) is 11.8 Å². The Morgan fingerprint density at radius 1 is 0.917 bits per heavy atom. The van der Waals surface area contributed by atoms with Crippen LogP contribution in [0.3, 0.4) is 0 Å². The number of hydrogen-bond donors (Lipinski definition) is 0. The number of hydrogen-bond acceptors (Lipinski definition) is 4. The zero-order valence-corrected chi connectivity index (χ0v) is 13.8. The van der Waals surface area contributed by atoms with Crippen molar-refractivity contribution in [2.45, 2.75) is 0 Å². The molecule has 3 heterocycles. The molecule has 3 aromatic rings. The van der Waals surface area contributed by atoms with Crippen LogP contribution in [0.4, 0.5) is 0 Å². The van der Waals surface area contributed by atoms with Crippen LogP contribution < -0.4 is 0 Å². The summed E-state index contributed by atoms with van der Waals surface area (Å²) in [5, 5.41) is 2.82. The van der Waals surface area contributed by atoms with Crippen molar-refractivity contribution in [1.82, 2.24) is 9.80 Å². The minimum Gasteiger partial charge on any atom is -0.451 e. The van der Waals surface area contributed by atoms with Crippen molar-refractivity contribution in [3.05, 3.63) is 58.5 Å². The highest BCUT2D eigenvalue weighted by Crippen LogP contribution is 2.21. The van der Waals surface area contributed by atoms with Crippen molar-refractivity contribution in [3.63, 3.8) is 0 Å². The van der Waals surface area contributed by atoms with E-state index < -0.39 is 0 Å². The second-order valence-corrected chi connectivity index (χ2v) is 6.66. The molecule has 0 spiro atoms. The van der Waals surface area contributed by atoms with Crippen LogP contribution >= 0.6 is 11.3 Å². The second kappa shape index (κ2) is 6.13. The van der Waals surface area contributed by atoms with Crippen LogP contribution in [0.2, 0.25) is 0 Å². The van der Waals surface area contributed by atoms with Crippen LogP contribution in [0.15, 0.2) is 52.3 Å². The molecule has 1 fully saturated rings. The molecule has 0 unspecified atom stereocenters. The number of furan rings is 1. The summed E-state index contributed by atoms with van der Waals surface area (Å²) in [5.74, 6) is 0.282. The average Bonchev–Trinajstić information content (AvgIpc) is 3.30. The van der Waals surface area contributed by atoms with E-state index in [4.69, 9.17) is 4.42 Å². The van der Waals surface area contributed by atoms with Gasteiger partial charge in [-0.05, 0) is 23.6 Å². The van der Waals surface area contributed by atoms with Gasteiger partial charge in [0.1, 0.15) is 5.58 Å². The standard InChI is InChI=1S/C18H16N2O3S/c21-17(15-12-13-4-1-2-5-14(13)23-15)19-7-9-20(10-8-19)18(22)16-6-3-11-24-16/h1-6,11-12H,7-10H2. The molecule has 2 aromatic heterocycles. The fourth-order valence-electron chi connectivity index (χ4n) is 2.91. The van der Waals surface area contributed by atoms with Crippen LogP contribution in [0.1, 0.15) is 20.2 Å². The Labute approximate surface area is 143 Å². The van der Waals surface area contributed by atoms with Crippen molar-refractivity contribution < 1.29 is 14.0 Å². The number of benzene rings is 1. The smallest absolute Gasteiger partial charge is 0.289 e. The number of nitrogens with zero attached hydrogens (tertiary/aromatic N) is 2. The number of carbonyl (C=O) groups is 2. The van der Waals surface area contributed by atoms with Gasteiger partial charge in [0.25, 0.3) is 11.8 Å². The van der Waals surface area contributed by atoms with Crippen molar-refractivity contribution in [2.24, 2.45) is 0 Å². The number of carbonyl (C=O) groups excluding carboxylic acids is 2. The van der Waals surface area contributed by atoms with E-state index in [2.05, 4.69) is 0 Å². The molecule has 1 saturated heterocycles. The summed E-state index contributed by atoms with van der Waals surface area (Å²) < 4.78 is 5.65. The molecule has 1 aliphatic rings. The van der Waals surface area contributed by atoms with Crippen molar-refractivity contribution in [3.8, 4) is 0 Å². The number of fused-ring (bicyclic) bond motifs is 1. The maximum Gasteiger partial charge on any atom is 0.289 e. The van der Waals surface area contributed by atoms with E-state index in [9.17, 15) is 9.59 Å². The Morgan fingerprint density at radius 3 is 2.29 bits per heavy atom. The minimum atomic E-state index is -0.116. The number of para-hydroxylation sites is 1. The van der Waals surface area contributed by atoms with Gasteiger partial charge in [0, 0.05) is 31.6 Å². The lowest BCUT2D eigenvalue weighted by molar-refractivity contribution is 0.0522. The molecule has 0 saturated carbocycles. The molecular weight excluding hydrogens is 324 g/mol. The first-order valence-corrected chi connectivity index (χ1v) is 8.71. The van der Waals surface area contributed by atoms with Gasteiger partial charge in [-0.1, -0.05) is 24.3 Å². The van der Waals surface area contributed by atoms with Crippen molar-refractivity contribution >= 4 is 34.1 Å². The van der Waals surface area contributed by atoms with Gasteiger partial charge in [0.2, 0.25) is 0 Å². The zero-order chi connectivity index (χ0) is 16.5. The summed E-state index contributed by atoms with van der Waals surface area (Å²) in [6.45, 7) is 2.13. The lowest BCUT2D eigenvalue weighted by Gasteiger charge is -2.34. The zero-order valence-electron chi connectivity index (χ0n) is 13.0. The van der Waals surface area contributed by atoms with Gasteiger partial charge < -0.3 is 14.2 Å². The van der Waals surface area contributed by atoms with E-state index in [1.165, 1.54) is 11.3 Å². The number of rotatable bonds is 2. The van der Waals surface area contributed by atoms with Crippen LogP contribution in [-0.4, -0.2) is 47.8 Å². The molecule has 6 heteroatoms. The number of piperazine rings is 1. The van der Waals surface area contributed by atoms with Crippen LogP contribution in [-0.2, 0) is 0 Å². The van der Waals surface area contributed by atoms with E-state index in [0.717, 1.165) is 10.3 Å². The lowest BCUT2D eigenvalue weighted by Crippen LogP contribution is -2.50. The van der Waals surface area contributed by atoms with Gasteiger partial charge in [-0.15, -0.1) is 11.3 Å². The van der Waals surface area contributed by atoms with E-state index >= 15 is 0 Å². The molecule has 4 rings (SSSR count). The molecule has 1 aliphatic heterocycles. The molecule has 1 aromatic carbocycles. The predicted molar refractivity (Wildman–Crippen MR) is 92.3 cm³/mol. The first kappa shape index (κ1) is 15.0. The monoisotopic (exact) mass is 340 g/mol. The Bertz CT molecular complexity index is 844. The van der Waals surface area contributed by atoms with E-state index in [1.54, 1.807) is 15.9 Å². The van der Waals surface area contributed by atoms with E-state index in [1.807, 2.05) is 41.8 Å². The highest BCUT2D eigenvalue weighted by atomic mass is 32.1. The predicted octanol–water partition coefficient (Wildman–Crippen LogP) is 3.09.